The van der Waals surface area contributed by atoms with E-state index in [1.54, 1.807) is 0 Å². The Labute approximate surface area is 129 Å². The van der Waals surface area contributed by atoms with Crippen molar-refractivity contribution in [2.45, 2.75) is 52.0 Å². The van der Waals surface area contributed by atoms with Gasteiger partial charge >= 0.3 is 5.97 Å². The summed E-state index contributed by atoms with van der Waals surface area (Å²) in [4.78, 5) is 17.0. The van der Waals surface area contributed by atoms with E-state index in [0.29, 0.717) is 25.0 Å². The summed E-state index contributed by atoms with van der Waals surface area (Å²) in [6.07, 6.45) is 5.80. The lowest BCUT2D eigenvalue weighted by Gasteiger charge is -2.43. The lowest BCUT2D eigenvalue weighted by molar-refractivity contribution is -0.145. The molecule has 1 aliphatic carbocycles. The maximum absolute atomic E-state index is 12.0. The molecule has 21 heavy (non-hydrogen) atoms. The molecule has 0 N–H and O–H groups in total. The van der Waals surface area contributed by atoms with E-state index in [0.717, 1.165) is 32.1 Å². The fraction of sp³-hybridized carbons (Fsp3) is 0.941. The normalized spacial score (nSPS) is 30.0. The van der Waals surface area contributed by atoms with Crippen molar-refractivity contribution >= 4 is 5.97 Å². The third-order valence-electron chi connectivity index (χ3n) is 5.21. The van der Waals surface area contributed by atoms with Crippen LogP contribution in [0.3, 0.4) is 0 Å². The first kappa shape index (κ1) is 16.8. The Kier molecular flexibility index (Phi) is 6.49. The highest BCUT2D eigenvalue weighted by atomic mass is 16.5. The molecule has 122 valence electrons. The molecule has 1 saturated heterocycles. The van der Waals surface area contributed by atoms with E-state index in [-0.39, 0.29) is 5.97 Å². The largest absolute Gasteiger partial charge is 0.466 e. The smallest absolute Gasteiger partial charge is 0.307 e. The maximum Gasteiger partial charge on any atom is 0.307 e. The number of hydrogen-bond donors (Lipinski definition) is 0. The molecule has 4 heteroatoms. The van der Waals surface area contributed by atoms with Crippen LogP contribution in [0, 0.1) is 11.8 Å². The standard InChI is InChI=1S/C17H32N2O2/c1-4-21-17(20)13-16(15-7-5-6-14(2)12-15)19-10-8-18(3)9-11-19/h14-16H,4-13H2,1-3H3. The molecule has 3 atom stereocenters. The summed E-state index contributed by atoms with van der Waals surface area (Å²) in [5, 5.41) is 0. The number of piperazine rings is 1. The first-order chi connectivity index (χ1) is 10.1. The quantitative estimate of drug-likeness (QED) is 0.729. The van der Waals surface area contributed by atoms with Crippen molar-refractivity contribution in [3.05, 3.63) is 0 Å². The third kappa shape index (κ3) is 4.96. The predicted octanol–water partition coefficient (Wildman–Crippen LogP) is 2.38. The summed E-state index contributed by atoms with van der Waals surface area (Å²) in [6.45, 7) is 9.15. The summed E-state index contributed by atoms with van der Waals surface area (Å²) in [5.74, 6) is 1.46. The zero-order valence-electron chi connectivity index (χ0n) is 14.0. The number of likely N-dealkylation sites (N-methyl/N-ethyl adjacent to an activating group) is 1. The minimum absolute atomic E-state index is 0.0142. The number of carbonyl (C=O) groups excluding carboxylic acids is 1. The number of nitrogens with zero attached hydrogens (tertiary/aromatic N) is 2. The summed E-state index contributed by atoms with van der Waals surface area (Å²) in [5.41, 5.74) is 0. The van der Waals surface area contributed by atoms with Crippen LogP contribution in [-0.4, -0.2) is 61.6 Å². The van der Waals surface area contributed by atoms with Gasteiger partial charge in [0.2, 0.25) is 0 Å². The van der Waals surface area contributed by atoms with Gasteiger partial charge in [-0.2, -0.15) is 0 Å². The monoisotopic (exact) mass is 296 g/mol. The van der Waals surface area contributed by atoms with Gasteiger partial charge in [-0.05, 0) is 38.6 Å². The molecule has 3 unspecified atom stereocenters. The van der Waals surface area contributed by atoms with E-state index in [2.05, 4.69) is 23.8 Å². The van der Waals surface area contributed by atoms with Crippen LogP contribution in [0.2, 0.25) is 0 Å². The number of rotatable bonds is 5. The molecule has 1 heterocycles. The molecule has 0 aromatic carbocycles. The van der Waals surface area contributed by atoms with Crippen molar-refractivity contribution in [1.29, 1.82) is 0 Å². The molecule has 2 fully saturated rings. The highest BCUT2D eigenvalue weighted by Crippen LogP contribution is 2.34. The van der Waals surface area contributed by atoms with Crippen LogP contribution < -0.4 is 0 Å². The van der Waals surface area contributed by atoms with Crippen LogP contribution in [0.25, 0.3) is 0 Å². The van der Waals surface area contributed by atoms with Crippen LogP contribution in [-0.2, 0) is 9.53 Å². The molecular formula is C17H32N2O2. The average Bonchev–Trinajstić information content (AvgIpc) is 2.46. The second-order valence-corrected chi connectivity index (χ2v) is 6.95. The highest BCUT2D eigenvalue weighted by molar-refractivity contribution is 5.70. The number of hydrogen-bond acceptors (Lipinski definition) is 4. The zero-order chi connectivity index (χ0) is 15.2. The minimum Gasteiger partial charge on any atom is -0.466 e. The number of ether oxygens (including phenoxy) is 1. The first-order valence-electron chi connectivity index (χ1n) is 8.68. The number of esters is 1. The second kappa shape index (κ2) is 8.14. The third-order valence-corrected chi connectivity index (χ3v) is 5.21. The van der Waals surface area contributed by atoms with Gasteiger partial charge in [0.1, 0.15) is 0 Å². The molecular weight excluding hydrogens is 264 g/mol. The average molecular weight is 296 g/mol. The Morgan fingerprint density at radius 3 is 2.57 bits per heavy atom. The van der Waals surface area contributed by atoms with E-state index in [9.17, 15) is 4.79 Å². The topological polar surface area (TPSA) is 32.8 Å². The van der Waals surface area contributed by atoms with E-state index >= 15 is 0 Å². The molecule has 2 rings (SSSR count). The van der Waals surface area contributed by atoms with E-state index < -0.39 is 0 Å². The van der Waals surface area contributed by atoms with Crippen LogP contribution in [0.15, 0.2) is 0 Å². The molecule has 0 amide bonds. The predicted molar refractivity (Wildman–Crippen MR) is 85.2 cm³/mol. The van der Waals surface area contributed by atoms with Crippen LogP contribution in [0.5, 0.6) is 0 Å². The van der Waals surface area contributed by atoms with Crippen molar-refractivity contribution in [2.24, 2.45) is 11.8 Å². The molecule has 0 radical (unpaired) electrons. The Morgan fingerprint density at radius 1 is 1.24 bits per heavy atom. The van der Waals surface area contributed by atoms with E-state index in [4.69, 9.17) is 4.74 Å². The lowest BCUT2D eigenvalue weighted by atomic mass is 9.77. The van der Waals surface area contributed by atoms with Gasteiger partial charge in [-0.3, -0.25) is 9.69 Å². The van der Waals surface area contributed by atoms with Crippen molar-refractivity contribution in [2.75, 3.05) is 39.8 Å². The van der Waals surface area contributed by atoms with E-state index in [1.807, 2.05) is 6.92 Å². The molecule has 1 aliphatic heterocycles. The Morgan fingerprint density at radius 2 is 1.95 bits per heavy atom. The molecule has 4 nitrogen and oxygen atoms in total. The number of carbonyl (C=O) groups is 1. The second-order valence-electron chi connectivity index (χ2n) is 6.95. The van der Waals surface area contributed by atoms with Crippen molar-refractivity contribution in [1.82, 2.24) is 9.80 Å². The molecule has 0 spiro atoms. The van der Waals surface area contributed by atoms with Gasteiger partial charge in [0.15, 0.2) is 0 Å². The van der Waals surface area contributed by atoms with Gasteiger partial charge in [0, 0.05) is 32.2 Å². The SMILES string of the molecule is CCOC(=O)CC(C1CCCC(C)C1)N1CCN(C)CC1. The van der Waals surface area contributed by atoms with Crippen molar-refractivity contribution in [3.63, 3.8) is 0 Å². The zero-order valence-corrected chi connectivity index (χ0v) is 14.0. The molecule has 0 aromatic rings. The van der Waals surface area contributed by atoms with Crippen LogP contribution >= 0.6 is 0 Å². The Balaban J connectivity index is 2.00. The van der Waals surface area contributed by atoms with Gasteiger partial charge in [-0.15, -0.1) is 0 Å². The highest BCUT2D eigenvalue weighted by Gasteiger charge is 2.33. The van der Waals surface area contributed by atoms with Gasteiger partial charge in [-0.1, -0.05) is 19.8 Å². The van der Waals surface area contributed by atoms with Crippen LogP contribution in [0.4, 0.5) is 0 Å². The summed E-state index contributed by atoms with van der Waals surface area (Å²) in [7, 11) is 2.18. The van der Waals surface area contributed by atoms with Gasteiger partial charge in [0.05, 0.1) is 13.0 Å². The van der Waals surface area contributed by atoms with Crippen molar-refractivity contribution in [3.8, 4) is 0 Å². The Bertz CT molecular complexity index is 327. The minimum atomic E-state index is -0.0142. The van der Waals surface area contributed by atoms with Gasteiger partial charge in [-0.25, -0.2) is 0 Å². The molecule has 0 bridgehead atoms. The summed E-state index contributed by atoms with van der Waals surface area (Å²) in [6, 6.07) is 0.389. The summed E-state index contributed by atoms with van der Waals surface area (Å²) < 4.78 is 5.23. The Hall–Kier alpha value is -0.610. The van der Waals surface area contributed by atoms with Crippen LogP contribution in [0.1, 0.15) is 46.0 Å². The lowest BCUT2D eigenvalue weighted by Crippen LogP contribution is -2.52. The van der Waals surface area contributed by atoms with Gasteiger partial charge < -0.3 is 9.64 Å². The molecule has 2 aliphatic rings. The maximum atomic E-state index is 12.0. The summed E-state index contributed by atoms with van der Waals surface area (Å²) >= 11 is 0. The fourth-order valence-corrected chi connectivity index (χ4v) is 3.97. The molecule has 1 saturated carbocycles. The molecule has 0 aromatic heterocycles. The van der Waals surface area contributed by atoms with Gasteiger partial charge in [0.25, 0.3) is 0 Å². The van der Waals surface area contributed by atoms with Crippen molar-refractivity contribution < 1.29 is 9.53 Å². The first-order valence-corrected chi connectivity index (χ1v) is 8.68. The fourth-order valence-electron chi connectivity index (χ4n) is 3.97. The van der Waals surface area contributed by atoms with E-state index in [1.165, 1.54) is 25.7 Å².